The average molecular weight is 458 g/mol. The van der Waals surface area contributed by atoms with Gasteiger partial charge < -0.3 is 16.0 Å². The largest absolute Gasteiger partial charge is 0.368 e. The smallest absolute Gasteiger partial charge is 0.252 e. The van der Waals surface area contributed by atoms with E-state index >= 15 is 0 Å². The van der Waals surface area contributed by atoms with Gasteiger partial charge in [0.25, 0.3) is 5.91 Å². The van der Waals surface area contributed by atoms with Crippen molar-refractivity contribution in [2.75, 3.05) is 0 Å². The van der Waals surface area contributed by atoms with E-state index in [1.165, 1.54) is 0 Å². The molecule has 3 heterocycles. The molecule has 1 atom stereocenters. The van der Waals surface area contributed by atoms with Crippen LogP contribution in [-0.4, -0.2) is 32.8 Å². The van der Waals surface area contributed by atoms with Crippen LogP contribution in [0, 0.1) is 0 Å². The third kappa shape index (κ3) is 4.47. The highest BCUT2D eigenvalue weighted by Crippen LogP contribution is 2.27. The minimum absolute atomic E-state index is 0. The average Bonchev–Trinajstić information content (AvgIpc) is 3.43. The number of fused-ring (bicyclic) bond motifs is 2. The van der Waals surface area contributed by atoms with E-state index in [9.17, 15) is 9.59 Å². The quantitative estimate of drug-likeness (QED) is 0.353. The Morgan fingerprint density at radius 2 is 1.88 bits per heavy atom. The maximum absolute atomic E-state index is 12.9. The fourth-order valence-electron chi connectivity index (χ4n) is 3.67. The van der Waals surface area contributed by atoms with Crippen molar-refractivity contribution in [3.8, 4) is 11.4 Å². The summed E-state index contributed by atoms with van der Waals surface area (Å²) in [5.74, 6) is -0.245. The molecule has 166 valence electrons. The number of nitrogens with two attached hydrogens (primary N) is 1. The van der Waals surface area contributed by atoms with E-state index in [4.69, 9.17) is 5.73 Å². The molecule has 0 aliphatic rings. The minimum Gasteiger partial charge on any atom is -0.368 e. The van der Waals surface area contributed by atoms with Crippen molar-refractivity contribution in [1.82, 2.24) is 20.3 Å². The van der Waals surface area contributed by atoms with Crippen molar-refractivity contribution in [2.24, 2.45) is 5.73 Å². The Labute approximate surface area is 194 Å². The van der Waals surface area contributed by atoms with Crippen molar-refractivity contribution in [2.45, 2.75) is 19.9 Å². The zero-order chi connectivity index (χ0) is 22.1. The molecule has 0 spiro atoms. The van der Waals surface area contributed by atoms with Crippen LogP contribution in [0.15, 0.2) is 72.4 Å². The van der Waals surface area contributed by atoms with Gasteiger partial charge in [0.15, 0.2) is 0 Å². The summed E-state index contributed by atoms with van der Waals surface area (Å²) in [5, 5.41) is 5.86. The van der Waals surface area contributed by atoms with Gasteiger partial charge in [-0.25, -0.2) is 4.98 Å². The van der Waals surface area contributed by atoms with Crippen LogP contribution in [0.1, 0.15) is 23.3 Å². The molecule has 0 bridgehead atoms. The summed E-state index contributed by atoms with van der Waals surface area (Å²) in [6.07, 6.45) is 3.73. The molecule has 0 saturated carbocycles. The lowest BCUT2D eigenvalue weighted by molar-refractivity contribution is -0.119. The number of imidazole rings is 1. The van der Waals surface area contributed by atoms with Crippen molar-refractivity contribution in [1.29, 1.82) is 0 Å². The zero-order valence-electron chi connectivity index (χ0n) is 16.9. The molecule has 2 amide bonds. The predicted octanol–water partition coefficient (Wildman–Crippen LogP) is 4.30. The molecular formula is C25H23N5O2S. The van der Waals surface area contributed by atoms with E-state index in [2.05, 4.69) is 20.3 Å². The Bertz CT molecular complexity index is 1440. The second kappa shape index (κ2) is 9.22. The van der Waals surface area contributed by atoms with Crippen molar-refractivity contribution >= 4 is 44.3 Å². The molecule has 0 radical (unpaired) electrons. The number of rotatable bonds is 6. The molecular weight excluding hydrogens is 434 g/mol. The molecule has 7 nitrogen and oxygen atoms in total. The van der Waals surface area contributed by atoms with Crippen LogP contribution in [0.4, 0.5) is 0 Å². The number of nitrogens with one attached hydrogen (secondary N) is 2. The SMILES string of the molecule is C.NC(=O)C(Cc1csc2ccccc12)NC(=O)c1ccc2nc(-c3ccncc3)[nH]c2c1. The molecule has 0 aliphatic heterocycles. The van der Waals surface area contributed by atoms with Gasteiger partial charge in [0.1, 0.15) is 11.9 Å². The molecule has 5 aromatic rings. The Morgan fingerprint density at radius 1 is 1.09 bits per heavy atom. The number of aromatic amines is 1. The number of benzene rings is 2. The minimum atomic E-state index is -0.814. The van der Waals surface area contributed by atoms with Crippen molar-refractivity contribution in [3.63, 3.8) is 0 Å². The molecule has 4 N–H and O–H groups in total. The lowest BCUT2D eigenvalue weighted by atomic mass is 10.0. The van der Waals surface area contributed by atoms with Gasteiger partial charge in [-0.3, -0.25) is 14.6 Å². The van der Waals surface area contributed by atoms with Crippen LogP contribution in [0.25, 0.3) is 32.5 Å². The number of carbonyl (C=O) groups is 2. The maximum Gasteiger partial charge on any atom is 0.252 e. The number of H-pyrrole nitrogens is 1. The third-order valence-electron chi connectivity index (χ3n) is 5.33. The van der Waals surface area contributed by atoms with Crippen LogP contribution in [0.2, 0.25) is 0 Å². The lowest BCUT2D eigenvalue weighted by Crippen LogP contribution is -2.45. The Kier molecular flexibility index (Phi) is 6.19. The van der Waals surface area contributed by atoms with Crippen LogP contribution in [0.5, 0.6) is 0 Å². The first kappa shape index (κ1) is 22.2. The lowest BCUT2D eigenvalue weighted by Gasteiger charge is -2.15. The summed E-state index contributed by atoms with van der Waals surface area (Å²) in [5.41, 5.74) is 9.39. The Hall–Kier alpha value is -4.04. The second-order valence-corrected chi connectivity index (χ2v) is 8.35. The number of pyridine rings is 1. The summed E-state index contributed by atoms with van der Waals surface area (Å²) in [4.78, 5) is 36.8. The number of nitrogens with zero attached hydrogens (tertiary/aromatic N) is 2. The fraction of sp³-hybridized carbons (Fsp3) is 0.120. The van der Waals surface area contributed by atoms with Crippen molar-refractivity contribution < 1.29 is 9.59 Å². The first-order valence-electron chi connectivity index (χ1n) is 10.0. The summed E-state index contributed by atoms with van der Waals surface area (Å²) in [7, 11) is 0. The second-order valence-electron chi connectivity index (χ2n) is 7.44. The van der Waals surface area contributed by atoms with Crippen LogP contribution in [0.3, 0.4) is 0 Å². The van der Waals surface area contributed by atoms with Crippen LogP contribution in [-0.2, 0) is 11.2 Å². The molecule has 33 heavy (non-hydrogen) atoms. The van der Waals surface area contributed by atoms with E-state index in [0.29, 0.717) is 17.8 Å². The van der Waals surface area contributed by atoms with E-state index in [-0.39, 0.29) is 13.3 Å². The number of primary amides is 1. The van der Waals surface area contributed by atoms with E-state index in [0.717, 1.165) is 32.2 Å². The molecule has 0 saturated heterocycles. The molecule has 3 aromatic heterocycles. The number of hydrogen-bond donors (Lipinski definition) is 3. The topological polar surface area (TPSA) is 114 Å². The van der Waals surface area contributed by atoms with Gasteiger partial charge in [0.05, 0.1) is 11.0 Å². The normalized spacial score (nSPS) is 11.8. The van der Waals surface area contributed by atoms with Gasteiger partial charge in [-0.1, -0.05) is 25.6 Å². The summed E-state index contributed by atoms with van der Waals surface area (Å²) < 4.78 is 1.13. The van der Waals surface area contributed by atoms with E-state index in [1.54, 1.807) is 41.9 Å². The Morgan fingerprint density at radius 3 is 2.67 bits per heavy atom. The van der Waals surface area contributed by atoms with Gasteiger partial charge >= 0.3 is 0 Å². The summed E-state index contributed by atoms with van der Waals surface area (Å²) in [6, 6.07) is 16.1. The molecule has 1 unspecified atom stereocenters. The summed E-state index contributed by atoms with van der Waals surface area (Å²) >= 11 is 1.60. The van der Waals surface area contributed by atoms with Gasteiger partial charge in [0, 0.05) is 34.6 Å². The predicted molar refractivity (Wildman–Crippen MR) is 132 cm³/mol. The highest BCUT2D eigenvalue weighted by molar-refractivity contribution is 7.17. The maximum atomic E-state index is 12.9. The number of carbonyl (C=O) groups excluding carboxylic acids is 2. The highest BCUT2D eigenvalue weighted by atomic mass is 32.1. The first-order valence-corrected chi connectivity index (χ1v) is 10.9. The molecule has 0 fully saturated rings. The molecule has 0 aliphatic carbocycles. The number of amides is 2. The number of aromatic nitrogens is 3. The first-order chi connectivity index (χ1) is 15.6. The van der Waals surface area contributed by atoms with Crippen LogP contribution < -0.4 is 11.1 Å². The third-order valence-corrected chi connectivity index (χ3v) is 6.34. The van der Waals surface area contributed by atoms with Gasteiger partial charge in [-0.05, 0) is 52.7 Å². The molecule has 5 rings (SSSR count). The zero-order valence-corrected chi connectivity index (χ0v) is 17.7. The van der Waals surface area contributed by atoms with Gasteiger partial charge in [-0.2, -0.15) is 0 Å². The van der Waals surface area contributed by atoms with Gasteiger partial charge in [-0.15, -0.1) is 11.3 Å². The monoisotopic (exact) mass is 457 g/mol. The number of thiophene rings is 1. The highest BCUT2D eigenvalue weighted by Gasteiger charge is 2.21. The van der Waals surface area contributed by atoms with E-state index < -0.39 is 11.9 Å². The Balaban J connectivity index is 0.00000259. The number of hydrogen-bond acceptors (Lipinski definition) is 5. The van der Waals surface area contributed by atoms with Crippen LogP contribution >= 0.6 is 11.3 Å². The van der Waals surface area contributed by atoms with Gasteiger partial charge in [0.2, 0.25) is 5.91 Å². The summed E-state index contributed by atoms with van der Waals surface area (Å²) in [6.45, 7) is 0. The standard InChI is InChI=1S/C24H19N5O2S.CH4/c25-22(30)20(12-16-13-32-21-4-2-1-3-17(16)21)29-24(31)15-5-6-18-19(11-15)28-23(27-18)14-7-9-26-10-8-14;/h1-11,13,20H,12H2,(H2,25,30)(H,27,28)(H,29,31);1H4. The molecule has 8 heteroatoms. The van der Waals surface area contributed by atoms with Crippen molar-refractivity contribution in [3.05, 3.63) is 83.5 Å². The fourth-order valence-corrected chi connectivity index (χ4v) is 4.65. The van der Waals surface area contributed by atoms with E-state index in [1.807, 2.05) is 41.8 Å². The molecule has 2 aromatic carbocycles.